The Bertz CT molecular complexity index is 964. The highest BCUT2D eigenvalue weighted by Gasteiger charge is 2.36. The summed E-state index contributed by atoms with van der Waals surface area (Å²) in [7, 11) is 0. The predicted octanol–water partition coefficient (Wildman–Crippen LogP) is 5.59. The van der Waals surface area contributed by atoms with Crippen molar-refractivity contribution < 1.29 is 9.53 Å². The van der Waals surface area contributed by atoms with Crippen LogP contribution in [0, 0.1) is 12.8 Å². The van der Waals surface area contributed by atoms with E-state index < -0.39 is 0 Å². The number of benzene rings is 1. The van der Waals surface area contributed by atoms with E-state index in [4.69, 9.17) is 9.84 Å². The second kappa shape index (κ2) is 9.68. The third kappa shape index (κ3) is 4.18. The molecule has 1 fully saturated rings. The first-order chi connectivity index (χ1) is 15.5. The fourth-order valence-electron chi connectivity index (χ4n) is 5.88. The third-order valence-corrected chi connectivity index (χ3v) is 7.49. The van der Waals surface area contributed by atoms with Gasteiger partial charge in [-0.25, -0.2) is 0 Å². The molecule has 174 valence electrons. The van der Waals surface area contributed by atoms with Crippen molar-refractivity contribution in [2.24, 2.45) is 5.92 Å². The van der Waals surface area contributed by atoms with Crippen molar-refractivity contribution in [2.75, 3.05) is 13.2 Å². The highest BCUT2D eigenvalue weighted by molar-refractivity contribution is 5.77. The van der Waals surface area contributed by atoms with Gasteiger partial charge in [-0.2, -0.15) is 5.10 Å². The van der Waals surface area contributed by atoms with Gasteiger partial charge in [-0.05, 0) is 81.0 Å². The van der Waals surface area contributed by atoms with Gasteiger partial charge in [-0.1, -0.05) is 32.9 Å². The molecule has 32 heavy (non-hydrogen) atoms. The molecule has 5 nitrogen and oxygen atoms in total. The molecule has 0 bridgehead atoms. The Balaban J connectivity index is 1.61. The first-order valence-electron chi connectivity index (χ1n) is 12.6. The summed E-state index contributed by atoms with van der Waals surface area (Å²) in [4.78, 5) is 15.7. The standard InChI is InChI=1S/C27H39N3O2/c1-6-20-11-9-13-22-23(7-2)30(28-27(20)22)17-26(31)29-16-18(4)15-24(29)21-12-10-14-25(19(21)5)32-8-3/h10,12,14,18,20,24H,6-9,11,13,15-17H2,1-5H3/t18-,20-,24-/m0/s1. The lowest BCUT2D eigenvalue weighted by molar-refractivity contribution is -0.133. The summed E-state index contributed by atoms with van der Waals surface area (Å²) in [6.07, 6.45) is 6.62. The number of rotatable bonds is 7. The topological polar surface area (TPSA) is 47.4 Å². The Kier molecular flexibility index (Phi) is 6.92. The number of carbonyl (C=O) groups excluding carboxylic acids is 1. The smallest absolute Gasteiger partial charge is 0.244 e. The molecule has 1 aromatic carbocycles. The number of ether oxygens (including phenoxy) is 1. The molecule has 1 aliphatic carbocycles. The van der Waals surface area contributed by atoms with Crippen LogP contribution in [0.3, 0.4) is 0 Å². The first-order valence-corrected chi connectivity index (χ1v) is 12.6. The van der Waals surface area contributed by atoms with Gasteiger partial charge in [0.2, 0.25) is 5.91 Å². The van der Waals surface area contributed by atoms with E-state index in [0.717, 1.165) is 43.5 Å². The molecule has 1 amide bonds. The van der Waals surface area contributed by atoms with Crippen molar-refractivity contribution in [3.63, 3.8) is 0 Å². The minimum atomic E-state index is 0.108. The molecule has 1 aliphatic heterocycles. The molecule has 0 saturated carbocycles. The van der Waals surface area contributed by atoms with Gasteiger partial charge in [0.25, 0.3) is 0 Å². The molecule has 1 aromatic heterocycles. The van der Waals surface area contributed by atoms with Crippen LogP contribution >= 0.6 is 0 Å². The summed E-state index contributed by atoms with van der Waals surface area (Å²) in [6.45, 7) is 12.6. The van der Waals surface area contributed by atoms with Crippen LogP contribution in [0.25, 0.3) is 0 Å². The number of nitrogens with zero attached hydrogens (tertiary/aromatic N) is 3. The molecule has 0 radical (unpaired) electrons. The number of carbonyl (C=O) groups is 1. The van der Waals surface area contributed by atoms with E-state index in [1.807, 2.05) is 17.7 Å². The largest absolute Gasteiger partial charge is 0.494 e. The summed E-state index contributed by atoms with van der Waals surface area (Å²) in [6, 6.07) is 6.35. The number of amides is 1. The number of hydrogen-bond acceptors (Lipinski definition) is 3. The molecule has 1 saturated heterocycles. The van der Waals surface area contributed by atoms with Gasteiger partial charge in [0.1, 0.15) is 12.3 Å². The number of fused-ring (bicyclic) bond motifs is 1. The zero-order valence-electron chi connectivity index (χ0n) is 20.5. The van der Waals surface area contributed by atoms with Crippen LogP contribution in [-0.4, -0.2) is 33.7 Å². The van der Waals surface area contributed by atoms with E-state index in [1.54, 1.807) is 0 Å². The summed E-state index contributed by atoms with van der Waals surface area (Å²) >= 11 is 0. The van der Waals surface area contributed by atoms with Gasteiger partial charge in [0.15, 0.2) is 0 Å². The van der Waals surface area contributed by atoms with Gasteiger partial charge in [-0.15, -0.1) is 0 Å². The quantitative estimate of drug-likeness (QED) is 0.567. The second-order valence-electron chi connectivity index (χ2n) is 9.63. The molecule has 2 heterocycles. The molecular weight excluding hydrogens is 398 g/mol. The summed E-state index contributed by atoms with van der Waals surface area (Å²) in [5.41, 5.74) is 6.32. The minimum absolute atomic E-state index is 0.108. The van der Waals surface area contributed by atoms with Crippen molar-refractivity contribution >= 4 is 5.91 Å². The SMILES string of the molecule is CCOc1cccc([C@@H]2C[C@H](C)CN2C(=O)Cn2nc3c(c2CC)CCC[C@@H]3CC)c1C. The maximum Gasteiger partial charge on any atom is 0.244 e. The molecule has 0 spiro atoms. The highest BCUT2D eigenvalue weighted by atomic mass is 16.5. The molecule has 5 heteroatoms. The van der Waals surface area contributed by atoms with E-state index in [-0.39, 0.29) is 11.9 Å². The number of hydrogen-bond donors (Lipinski definition) is 0. The minimum Gasteiger partial charge on any atom is -0.494 e. The van der Waals surface area contributed by atoms with Gasteiger partial charge >= 0.3 is 0 Å². The fraction of sp³-hybridized carbons (Fsp3) is 0.630. The van der Waals surface area contributed by atoms with Crippen molar-refractivity contribution in [3.05, 3.63) is 46.3 Å². The molecule has 3 atom stereocenters. The lowest BCUT2D eigenvalue weighted by Gasteiger charge is -2.27. The molecule has 0 N–H and O–H groups in total. The van der Waals surface area contributed by atoms with E-state index >= 15 is 0 Å². The summed E-state index contributed by atoms with van der Waals surface area (Å²) in [5, 5.41) is 5.01. The van der Waals surface area contributed by atoms with Crippen molar-refractivity contribution in [2.45, 2.75) is 91.6 Å². The lowest BCUT2D eigenvalue weighted by Crippen LogP contribution is -2.34. The molecule has 4 rings (SSSR count). The van der Waals surface area contributed by atoms with Crippen molar-refractivity contribution in [3.8, 4) is 5.75 Å². The Hall–Kier alpha value is -2.30. The molecule has 0 unspecified atom stereocenters. The average Bonchev–Trinajstić information content (AvgIpc) is 3.34. The average molecular weight is 438 g/mol. The van der Waals surface area contributed by atoms with Crippen LogP contribution in [-0.2, 0) is 24.2 Å². The van der Waals surface area contributed by atoms with Gasteiger partial charge in [-0.3, -0.25) is 9.48 Å². The molecule has 2 aliphatic rings. The monoisotopic (exact) mass is 437 g/mol. The zero-order valence-corrected chi connectivity index (χ0v) is 20.5. The Morgan fingerprint density at radius 1 is 1.25 bits per heavy atom. The van der Waals surface area contributed by atoms with Crippen molar-refractivity contribution in [1.29, 1.82) is 0 Å². The predicted molar refractivity (Wildman–Crippen MR) is 128 cm³/mol. The van der Waals surface area contributed by atoms with E-state index in [1.165, 1.54) is 35.4 Å². The number of aromatic nitrogens is 2. The van der Waals surface area contributed by atoms with Crippen molar-refractivity contribution in [1.82, 2.24) is 14.7 Å². The van der Waals surface area contributed by atoms with E-state index in [9.17, 15) is 4.79 Å². The van der Waals surface area contributed by atoms with Crippen LogP contribution in [0.1, 0.15) is 93.4 Å². The highest BCUT2D eigenvalue weighted by Crippen LogP contribution is 2.39. The molecular formula is C27H39N3O2. The third-order valence-electron chi connectivity index (χ3n) is 7.49. The van der Waals surface area contributed by atoms with E-state index in [2.05, 4.69) is 44.7 Å². The van der Waals surface area contributed by atoms with Crippen LogP contribution in [0.2, 0.25) is 0 Å². The Labute approximate surface area is 193 Å². The fourth-order valence-corrected chi connectivity index (χ4v) is 5.88. The summed E-state index contributed by atoms with van der Waals surface area (Å²) in [5.74, 6) is 2.14. The van der Waals surface area contributed by atoms with Gasteiger partial charge < -0.3 is 9.64 Å². The zero-order chi connectivity index (χ0) is 22.8. The molecule has 2 aromatic rings. The van der Waals surface area contributed by atoms with Crippen LogP contribution in [0.5, 0.6) is 5.75 Å². The lowest BCUT2D eigenvalue weighted by atomic mass is 9.85. The second-order valence-corrected chi connectivity index (χ2v) is 9.63. The van der Waals surface area contributed by atoms with Crippen LogP contribution in [0.4, 0.5) is 0 Å². The maximum atomic E-state index is 13.6. The van der Waals surface area contributed by atoms with Gasteiger partial charge in [0.05, 0.1) is 18.3 Å². The van der Waals surface area contributed by atoms with Gasteiger partial charge in [0, 0.05) is 18.2 Å². The Morgan fingerprint density at radius 3 is 2.78 bits per heavy atom. The maximum absolute atomic E-state index is 13.6. The first kappa shape index (κ1) is 22.9. The number of likely N-dealkylation sites (tertiary alicyclic amines) is 1. The van der Waals surface area contributed by atoms with Crippen LogP contribution in [0.15, 0.2) is 18.2 Å². The van der Waals surface area contributed by atoms with Crippen LogP contribution < -0.4 is 4.74 Å². The summed E-state index contributed by atoms with van der Waals surface area (Å²) < 4.78 is 7.87. The van der Waals surface area contributed by atoms with E-state index in [0.29, 0.717) is 25.0 Å². The normalized spacial score (nSPS) is 22.8. The Morgan fingerprint density at radius 2 is 2.06 bits per heavy atom.